The number of amides is 1. The number of halogens is 1. The normalized spacial score (nSPS) is 17.3. The standard InChI is InChI=1S/C23H29FN2O2/c1-28-22-9-3-2-6-19(22)7-4-14-25-23(27)20-8-5-15-26(17-20)16-18-10-12-21(24)13-11-18/h2-3,6,9-13,20H,4-5,7-8,14-17H2,1H3,(H,25,27). The van der Waals surface area contributed by atoms with Gasteiger partial charge < -0.3 is 10.1 Å². The highest BCUT2D eigenvalue weighted by atomic mass is 19.1. The van der Waals surface area contributed by atoms with Crippen molar-refractivity contribution < 1.29 is 13.9 Å². The highest BCUT2D eigenvalue weighted by molar-refractivity contribution is 5.78. The Kier molecular flexibility index (Phi) is 7.43. The Balaban J connectivity index is 1.42. The molecule has 1 heterocycles. The molecule has 2 aromatic rings. The van der Waals surface area contributed by atoms with Gasteiger partial charge in [-0.15, -0.1) is 0 Å². The molecule has 1 aliphatic rings. The van der Waals surface area contributed by atoms with Gasteiger partial charge >= 0.3 is 0 Å². The fourth-order valence-electron chi connectivity index (χ4n) is 3.81. The Labute approximate surface area is 166 Å². The predicted octanol–water partition coefficient (Wildman–Crippen LogP) is 3.80. The second-order valence-electron chi connectivity index (χ2n) is 7.41. The Morgan fingerprint density at radius 2 is 2.00 bits per heavy atom. The van der Waals surface area contributed by atoms with Crippen LogP contribution in [0.15, 0.2) is 48.5 Å². The van der Waals surface area contributed by atoms with Crippen LogP contribution >= 0.6 is 0 Å². The zero-order valence-electron chi connectivity index (χ0n) is 16.5. The molecule has 3 rings (SSSR count). The fraction of sp³-hybridized carbons (Fsp3) is 0.435. The summed E-state index contributed by atoms with van der Waals surface area (Å²) in [6.45, 7) is 3.17. The number of piperidine rings is 1. The van der Waals surface area contributed by atoms with Crippen molar-refractivity contribution >= 4 is 5.91 Å². The fourth-order valence-corrected chi connectivity index (χ4v) is 3.81. The summed E-state index contributed by atoms with van der Waals surface area (Å²) in [5.41, 5.74) is 2.25. The van der Waals surface area contributed by atoms with E-state index in [1.165, 1.54) is 17.7 Å². The van der Waals surface area contributed by atoms with E-state index in [-0.39, 0.29) is 17.6 Å². The number of hydrogen-bond donors (Lipinski definition) is 1. The first-order valence-corrected chi connectivity index (χ1v) is 10.0. The van der Waals surface area contributed by atoms with Crippen molar-refractivity contribution in [3.05, 3.63) is 65.5 Å². The van der Waals surface area contributed by atoms with Crippen molar-refractivity contribution in [2.75, 3.05) is 26.7 Å². The lowest BCUT2D eigenvalue weighted by Gasteiger charge is -2.32. The number of aryl methyl sites for hydroxylation is 1. The van der Waals surface area contributed by atoms with Crippen molar-refractivity contribution in [1.82, 2.24) is 10.2 Å². The summed E-state index contributed by atoms with van der Waals surface area (Å²) in [5.74, 6) is 0.856. The number of hydrogen-bond acceptors (Lipinski definition) is 3. The third kappa shape index (κ3) is 5.80. The van der Waals surface area contributed by atoms with Crippen LogP contribution in [0.5, 0.6) is 5.75 Å². The summed E-state index contributed by atoms with van der Waals surface area (Å²) in [4.78, 5) is 14.9. The third-order valence-electron chi connectivity index (χ3n) is 5.31. The molecule has 0 spiro atoms. The Bertz CT molecular complexity index is 763. The lowest BCUT2D eigenvalue weighted by molar-refractivity contribution is -0.126. The highest BCUT2D eigenvalue weighted by Crippen LogP contribution is 2.20. The molecule has 1 saturated heterocycles. The quantitative estimate of drug-likeness (QED) is 0.704. The van der Waals surface area contributed by atoms with Gasteiger partial charge in [-0.3, -0.25) is 9.69 Å². The average Bonchev–Trinajstić information content (AvgIpc) is 2.73. The van der Waals surface area contributed by atoms with Crippen LogP contribution in [0.2, 0.25) is 0 Å². The number of benzene rings is 2. The van der Waals surface area contributed by atoms with Gasteiger partial charge in [0.1, 0.15) is 11.6 Å². The molecule has 150 valence electrons. The number of carbonyl (C=O) groups excluding carboxylic acids is 1. The third-order valence-corrected chi connectivity index (χ3v) is 5.31. The van der Waals surface area contributed by atoms with Crippen LogP contribution < -0.4 is 10.1 Å². The molecule has 4 nitrogen and oxygen atoms in total. The van der Waals surface area contributed by atoms with Gasteiger partial charge in [0, 0.05) is 19.6 Å². The maximum absolute atomic E-state index is 13.1. The van der Waals surface area contributed by atoms with Gasteiger partial charge in [0.15, 0.2) is 0 Å². The summed E-state index contributed by atoms with van der Waals surface area (Å²) in [6, 6.07) is 14.6. The van der Waals surface area contributed by atoms with E-state index in [9.17, 15) is 9.18 Å². The summed E-state index contributed by atoms with van der Waals surface area (Å²) < 4.78 is 18.4. The number of nitrogens with one attached hydrogen (secondary N) is 1. The second-order valence-corrected chi connectivity index (χ2v) is 7.41. The first-order chi connectivity index (χ1) is 13.7. The number of para-hydroxylation sites is 1. The van der Waals surface area contributed by atoms with Crippen LogP contribution in [-0.2, 0) is 17.8 Å². The Morgan fingerprint density at radius 3 is 2.79 bits per heavy atom. The molecular formula is C23H29FN2O2. The van der Waals surface area contributed by atoms with Crippen molar-refractivity contribution in [3.63, 3.8) is 0 Å². The Morgan fingerprint density at radius 1 is 1.21 bits per heavy atom. The molecule has 5 heteroatoms. The van der Waals surface area contributed by atoms with Gasteiger partial charge in [-0.25, -0.2) is 4.39 Å². The molecule has 1 fully saturated rings. The zero-order valence-corrected chi connectivity index (χ0v) is 16.5. The van der Waals surface area contributed by atoms with Crippen LogP contribution in [0.1, 0.15) is 30.4 Å². The lowest BCUT2D eigenvalue weighted by atomic mass is 9.96. The van der Waals surface area contributed by atoms with E-state index in [1.807, 2.05) is 30.3 Å². The number of nitrogens with zero attached hydrogens (tertiary/aromatic N) is 1. The molecule has 0 aromatic heterocycles. The molecule has 0 bridgehead atoms. The first kappa shape index (κ1) is 20.3. The number of likely N-dealkylation sites (tertiary alicyclic amines) is 1. The topological polar surface area (TPSA) is 41.6 Å². The minimum Gasteiger partial charge on any atom is -0.496 e. The molecule has 0 radical (unpaired) electrons. The maximum Gasteiger partial charge on any atom is 0.224 e. The summed E-state index contributed by atoms with van der Waals surface area (Å²) >= 11 is 0. The smallest absolute Gasteiger partial charge is 0.224 e. The van der Waals surface area contributed by atoms with Crippen molar-refractivity contribution in [2.24, 2.45) is 5.92 Å². The number of methoxy groups -OCH3 is 1. The molecule has 28 heavy (non-hydrogen) atoms. The molecule has 1 amide bonds. The zero-order chi connectivity index (χ0) is 19.8. The van der Waals surface area contributed by atoms with Gasteiger partial charge in [-0.2, -0.15) is 0 Å². The van der Waals surface area contributed by atoms with Crippen LogP contribution in [0.25, 0.3) is 0 Å². The molecular weight excluding hydrogens is 355 g/mol. The number of rotatable bonds is 8. The number of carbonyl (C=O) groups is 1. The molecule has 0 saturated carbocycles. The summed E-state index contributed by atoms with van der Waals surface area (Å²) in [7, 11) is 1.68. The lowest BCUT2D eigenvalue weighted by Crippen LogP contribution is -2.42. The second kappa shape index (κ2) is 10.2. The molecule has 0 aliphatic carbocycles. The van der Waals surface area contributed by atoms with Crippen LogP contribution in [0.3, 0.4) is 0 Å². The van der Waals surface area contributed by atoms with Crippen molar-refractivity contribution in [1.29, 1.82) is 0 Å². The van der Waals surface area contributed by atoms with Gasteiger partial charge in [-0.05, 0) is 61.6 Å². The van der Waals surface area contributed by atoms with Gasteiger partial charge in [0.25, 0.3) is 0 Å². The molecule has 1 atom stereocenters. The Hall–Kier alpha value is -2.40. The van der Waals surface area contributed by atoms with Gasteiger partial charge in [0.2, 0.25) is 5.91 Å². The number of ether oxygens (including phenoxy) is 1. The predicted molar refractivity (Wildman–Crippen MR) is 109 cm³/mol. The maximum atomic E-state index is 13.1. The van der Waals surface area contributed by atoms with E-state index in [4.69, 9.17) is 4.74 Å². The molecule has 2 aromatic carbocycles. The van der Waals surface area contributed by atoms with Crippen molar-refractivity contribution in [2.45, 2.75) is 32.2 Å². The van der Waals surface area contributed by atoms with Gasteiger partial charge in [-0.1, -0.05) is 30.3 Å². The summed E-state index contributed by atoms with van der Waals surface area (Å²) in [6.07, 6.45) is 3.71. The molecule has 1 N–H and O–H groups in total. The largest absolute Gasteiger partial charge is 0.496 e. The highest BCUT2D eigenvalue weighted by Gasteiger charge is 2.25. The average molecular weight is 384 g/mol. The first-order valence-electron chi connectivity index (χ1n) is 10.0. The van der Waals surface area contributed by atoms with E-state index in [2.05, 4.69) is 16.3 Å². The van der Waals surface area contributed by atoms with Crippen molar-refractivity contribution in [3.8, 4) is 5.75 Å². The van der Waals surface area contributed by atoms with Crippen LogP contribution in [0, 0.1) is 11.7 Å². The van der Waals surface area contributed by atoms with E-state index < -0.39 is 0 Å². The van der Waals surface area contributed by atoms with E-state index in [1.54, 1.807) is 7.11 Å². The summed E-state index contributed by atoms with van der Waals surface area (Å²) in [5, 5.41) is 3.10. The SMILES string of the molecule is COc1ccccc1CCCNC(=O)C1CCCN(Cc2ccc(F)cc2)C1. The minimum atomic E-state index is -0.215. The molecule has 1 aliphatic heterocycles. The van der Waals surface area contributed by atoms with E-state index >= 15 is 0 Å². The van der Waals surface area contributed by atoms with Gasteiger partial charge in [0.05, 0.1) is 13.0 Å². The molecule has 1 unspecified atom stereocenters. The van der Waals surface area contributed by atoms with Crippen LogP contribution in [-0.4, -0.2) is 37.6 Å². The van der Waals surface area contributed by atoms with E-state index in [0.29, 0.717) is 6.54 Å². The minimum absolute atomic E-state index is 0.0282. The monoisotopic (exact) mass is 384 g/mol. The van der Waals surface area contributed by atoms with Crippen LogP contribution in [0.4, 0.5) is 4.39 Å². The van der Waals surface area contributed by atoms with E-state index in [0.717, 1.165) is 56.6 Å².